The average molecular weight is 132 g/mol. The normalized spacial score (nSPS) is 8.50. The first-order valence-corrected chi connectivity index (χ1v) is 2.80. The molecule has 0 aromatic heterocycles. The number of hydrogen-bond acceptors (Lipinski definition) is 1. The predicted octanol–water partition coefficient (Wildman–Crippen LogP) is 2.81. The van der Waals surface area contributed by atoms with E-state index in [4.69, 9.17) is 5.53 Å². The average Bonchev–Trinajstić information content (AvgIpc) is 1.95. The molecule has 0 aliphatic rings. The van der Waals surface area contributed by atoms with E-state index in [9.17, 15) is 0 Å². The van der Waals surface area contributed by atoms with Gasteiger partial charge in [0, 0.05) is 10.6 Å². The van der Waals surface area contributed by atoms with Crippen LogP contribution >= 0.6 is 0 Å². The Hall–Kier alpha value is -1.47. The van der Waals surface area contributed by atoms with E-state index in [1.807, 2.05) is 0 Å². The van der Waals surface area contributed by atoms with Crippen LogP contribution in [0.25, 0.3) is 10.4 Å². The number of azide groups is 1. The molecule has 0 aliphatic carbocycles. The van der Waals surface area contributed by atoms with Gasteiger partial charge in [0.2, 0.25) is 0 Å². The highest BCUT2D eigenvalue weighted by atomic mass is 15.1. The van der Waals surface area contributed by atoms with Gasteiger partial charge in [-0.2, -0.15) is 0 Å². The van der Waals surface area contributed by atoms with Crippen molar-refractivity contribution in [1.29, 1.82) is 0 Å². The van der Waals surface area contributed by atoms with Crippen LogP contribution in [-0.4, -0.2) is 0 Å². The second kappa shape index (κ2) is 2.90. The van der Waals surface area contributed by atoms with Crippen LogP contribution in [0, 0.1) is 6.92 Å². The van der Waals surface area contributed by atoms with Crippen molar-refractivity contribution in [1.82, 2.24) is 0 Å². The van der Waals surface area contributed by atoms with Gasteiger partial charge in [-0.05, 0) is 18.0 Å². The highest BCUT2D eigenvalue weighted by Gasteiger charge is 1.84. The lowest BCUT2D eigenvalue weighted by atomic mass is 10.2. The summed E-state index contributed by atoms with van der Waals surface area (Å²) in [4.78, 5) is 2.64. The van der Waals surface area contributed by atoms with E-state index in [0.717, 1.165) is 5.56 Å². The Morgan fingerprint density at radius 1 is 1.30 bits per heavy atom. The molecule has 0 heterocycles. The van der Waals surface area contributed by atoms with Gasteiger partial charge in [-0.1, -0.05) is 29.4 Å². The van der Waals surface area contributed by atoms with Gasteiger partial charge in [0.15, 0.2) is 0 Å². The molecule has 3 heteroatoms. The minimum Gasteiger partial charge on any atom is -0.0608 e. The molecule has 1 radical (unpaired) electrons. The summed E-state index contributed by atoms with van der Waals surface area (Å²) >= 11 is 0. The van der Waals surface area contributed by atoms with Crippen molar-refractivity contribution in [3.8, 4) is 0 Å². The fourth-order valence-corrected chi connectivity index (χ4v) is 0.614. The number of nitrogens with zero attached hydrogens (tertiary/aromatic N) is 3. The number of benzene rings is 1. The molecule has 3 nitrogen and oxygen atoms in total. The zero-order valence-corrected chi connectivity index (χ0v) is 5.36. The minimum absolute atomic E-state index is 0.620. The molecule has 49 valence electrons. The van der Waals surface area contributed by atoms with Crippen molar-refractivity contribution < 1.29 is 0 Å². The van der Waals surface area contributed by atoms with Gasteiger partial charge < -0.3 is 0 Å². The van der Waals surface area contributed by atoms with Crippen LogP contribution in [0.1, 0.15) is 5.56 Å². The Morgan fingerprint density at radius 2 is 1.90 bits per heavy atom. The van der Waals surface area contributed by atoms with Crippen molar-refractivity contribution in [3.63, 3.8) is 0 Å². The van der Waals surface area contributed by atoms with Gasteiger partial charge in [0.25, 0.3) is 0 Å². The quantitative estimate of drug-likeness (QED) is 0.320. The third-order valence-corrected chi connectivity index (χ3v) is 1.10. The SMILES string of the molecule is [CH2]c1ccc(N=[N+]=[N-])cc1. The van der Waals surface area contributed by atoms with Crippen LogP contribution in [0.2, 0.25) is 0 Å². The second-order valence-corrected chi connectivity index (χ2v) is 1.86. The molecule has 10 heavy (non-hydrogen) atoms. The fourth-order valence-electron chi connectivity index (χ4n) is 0.614. The predicted molar refractivity (Wildman–Crippen MR) is 39.7 cm³/mol. The van der Waals surface area contributed by atoms with Gasteiger partial charge >= 0.3 is 0 Å². The molecule has 0 atom stereocenters. The molecular formula is C7H6N3. The maximum absolute atomic E-state index is 8.03. The van der Waals surface area contributed by atoms with Crippen molar-refractivity contribution in [2.24, 2.45) is 5.11 Å². The first-order valence-electron chi connectivity index (χ1n) is 2.80. The summed E-state index contributed by atoms with van der Waals surface area (Å²) in [6.45, 7) is 3.69. The molecule has 0 saturated carbocycles. The van der Waals surface area contributed by atoms with Crippen LogP contribution in [0.3, 0.4) is 0 Å². The fraction of sp³-hybridized carbons (Fsp3) is 0. The largest absolute Gasteiger partial charge is 0.0608 e. The molecule has 0 spiro atoms. The monoisotopic (exact) mass is 132 g/mol. The summed E-state index contributed by atoms with van der Waals surface area (Å²) in [6.07, 6.45) is 0. The molecular weight excluding hydrogens is 126 g/mol. The van der Waals surface area contributed by atoms with E-state index in [0.29, 0.717) is 5.69 Å². The molecule has 1 aromatic carbocycles. The topological polar surface area (TPSA) is 48.8 Å². The summed E-state index contributed by atoms with van der Waals surface area (Å²) in [5.74, 6) is 0. The maximum atomic E-state index is 8.03. The summed E-state index contributed by atoms with van der Waals surface area (Å²) in [5, 5.41) is 3.40. The van der Waals surface area contributed by atoms with Crippen LogP contribution in [-0.2, 0) is 0 Å². The van der Waals surface area contributed by atoms with Gasteiger partial charge in [-0.3, -0.25) is 0 Å². The van der Waals surface area contributed by atoms with E-state index < -0.39 is 0 Å². The Bertz CT molecular complexity index is 257. The van der Waals surface area contributed by atoms with Crippen molar-refractivity contribution in [2.45, 2.75) is 0 Å². The molecule has 0 saturated heterocycles. The van der Waals surface area contributed by atoms with Gasteiger partial charge in [0.1, 0.15) is 0 Å². The lowest BCUT2D eigenvalue weighted by Gasteiger charge is -1.90. The Balaban J connectivity index is 3.00. The zero-order chi connectivity index (χ0) is 7.40. The van der Waals surface area contributed by atoms with E-state index in [-0.39, 0.29) is 0 Å². The van der Waals surface area contributed by atoms with Crippen LogP contribution in [0.15, 0.2) is 29.4 Å². The maximum Gasteiger partial charge on any atom is 0.0375 e. The molecule has 0 N–H and O–H groups in total. The summed E-state index contributed by atoms with van der Waals surface area (Å²) in [6, 6.07) is 7.04. The highest BCUT2D eigenvalue weighted by molar-refractivity contribution is 5.39. The first kappa shape index (κ1) is 6.65. The van der Waals surface area contributed by atoms with E-state index in [2.05, 4.69) is 16.9 Å². The highest BCUT2D eigenvalue weighted by Crippen LogP contribution is 2.11. The van der Waals surface area contributed by atoms with Crippen molar-refractivity contribution >= 4 is 5.69 Å². The lowest BCUT2D eigenvalue weighted by molar-refractivity contribution is 1.46. The molecule has 0 bridgehead atoms. The third kappa shape index (κ3) is 1.50. The van der Waals surface area contributed by atoms with Gasteiger partial charge in [0.05, 0.1) is 0 Å². The van der Waals surface area contributed by atoms with Crippen LogP contribution in [0.5, 0.6) is 0 Å². The molecule has 0 aliphatic heterocycles. The standard InChI is InChI=1S/C7H6N3/c1-6-2-4-7(5-3-6)9-10-8/h2-5H,1H2. The van der Waals surface area contributed by atoms with E-state index in [1.54, 1.807) is 24.3 Å². The first-order chi connectivity index (χ1) is 4.83. The minimum atomic E-state index is 0.620. The van der Waals surface area contributed by atoms with Gasteiger partial charge in [-0.15, -0.1) is 0 Å². The van der Waals surface area contributed by atoms with Gasteiger partial charge in [-0.25, -0.2) is 0 Å². The second-order valence-electron chi connectivity index (χ2n) is 1.86. The van der Waals surface area contributed by atoms with Crippen molar-refractivity contribution in [3.05, 3.63) is 47.2 Å². The molecule has 1 rings (SSSR count). The summed E-state index contributed by atoms with van der Waals surface area (Å²) < 4.78 is 0. The lowest BCUT2D eigenvalue weighted by Crippen LogP contribution is -1.66. The van der Waals surface area contributed by atoms with Crippen LogP contribution < -0.4 is 0 Å². The molecule has 0 unspecified atom stereocenters. The summed E-state index contributed by atoms with van der Waals surface area (Å²) in [7, 11) is 0. The Kier molecular flexibility index (Phi) is 1.92. The van der Waals surface area contributed by atoms with Crippen LogP contribution in [0.4, 0.5) is 5.69 Å². The number of hydrogen-bond donors (Lipinski definition) is 0. The zero-order valence-electron chi connectivity index (χ0n) is 5.36. The summed E-state index contributed by atoms with van der Waals surface area (Å²) in [5.41, 5.74) is 9.57. The molecule has 1 aromatic rings. The van der Waals surface area contributed by atoms with E-state index >= 15 is 0 Å². The number of rotatable bonds is 1. The molecule has 0 amide bonds. The Labute approximate surface area is 58.9 Å². The smallest absolute Gasteiger partial charge is 0.0375 e. The van der Waals surface area contributed by atoms with Crippen molar-refractivity contribution in [2.75, 3.05) is 0 Å². The Morgan fingerprint density at radius 3 is 2.40 bits per heavy atom. The van der Waals surface area contributed by atoms with E-state index in [1.165, 1.54) is 0 Å². The molecule has 0 fully saturated rings. The third-order valence-electron chi connectivity index (χ3n) is 1.10.